The first kappa shape index (κ1) is 12.2. The van der Waals surface area contributed by atoms with E-state index in [4.69, 9.17) is 13.9 Å². The number of methoxy groups -OCH3 is 1. The second kappa shape index (κ2) is 5.40. The summed E-state index contributed by atoms with van der Waals surface area (Å²) in [7, 11) is 1.60. The van der Waals surface area contributed by atoms with E-state index in [1.54, 1.807) is 31.6 Å². The standard InChI is InChI=1S/C14H14O4/c1-10(15)18-13-5-6-14(16-2)11(9-13)8-12-4-3-7-17-12/h3-7,9H,8H2,1-2H3. The monoisotopic (exact) mass is 246 g/mol. The van der Waals surface area contributed by atoms with Crippen LogP contribution in [0.25, 0.3) is 0 Å². The normalized spacial score (nSPS) is 10.1. The van der Waals surface area contributed by atoms with Crippen molar-refractivity contribution < 1.29 is 18.7 Å². The predicted molar refractivity (Wildman–Crippen MR) is 65.8 cm³/mol. The Labute approximate surface area is 105 Å². The van der Waals surface area contributed by atoms with E-state index in [9.17, 15) is 4.79 Å². The molecular formula is C14H14O4. The molecular weight excluding hydrogens is 232 g/mol. The number of rotatable bonds is 4. The number of carbonyl (C=O) groups is 1. The minimum atomic E-state index is -0.343. The van der Waals surface area contributed by atoms with Crippen LogP contribution in [0.3, 0.4) is 0 Å². The highest BCUT2D eigenvalue weighted by Gasteiger charge is 2.09. The first-order valence-electron chi connectivity index (χ1n) is 5.57. The van der Waals surface area contributed by atoms with Gasteiger partial charge in [0.2, 0.25) is 0 Å². The SMILES string of the molecule is COc1ccc(OC(C)=O)cc1Cc1ccco1. The summed E-state index contributed by atoms with van der Waals surface area (Å²) in [6.07, 6.45) is 2.21. The van der Waals surface area contributed by atoms with Crippen LogP contribution in [-0.4, -0.2) is 13.1 Å². The lowest BCUT2D eigenvalue weighted by molar-refractivity contribution is -0.131. The van der Waals surface area contributed by atoms with Crippen LogP contribution in [0.4, 0.5) is 0 Å². The lowest BCUT2D eigenvalue weighted by atomic mass is 10.1. The molecule has 18 heavy (non-hydrogen) atoms. The van der Waals surface area contributed by atoms with E-state index >= 15 is 0 Å². The summed E-state index contributed by atoms with van der Waals surface area (Å²) in [5.74, 6) is 1.73. The second-order valence-electron chi connectivity index (χ2n) is 3.82. The average molecular weight is 246 g/mol. The topological polar surface area (TPSA) is 48.7 Å². The summed E-state index contributed by atoms with van der Waals surface area (Å²) in [5, 5.41) is 0. The summed E-state index contributed by atoms with van der Waals surface area (Å²) in [5.41, 5.74) is 0.909. The van der Waals surface area contributed by atoms with Gasteiger partial charge in [0.1, 0.15) is 17.3 Å². The molecule has 2 rings (SSSR count). The third kappa shape index (κ3) is 2.91. The molecule has 0 radical (unpaired) electrons. The molecule has 1 aromatic heterocycles. The number of furan rings is 1. The average Bonchev–Trinajstić information content (AvgIpc) is 2.81. The summed E-state index contributed by atoms with van der Waals surface area (Å²) in [4.78, 5) is 10.9. The Kier molecular flexibility index (Phi) is 3.67. The van der Waals surface area contributed by atoms with E-state index in [-0.39, 0.29) is 5.97 Å². The van der Waals surface area contributed by atoms with Crippen molar-refractivity contribution in [3.8, 4) is 11.5 Å². The van der Waals surface area contributed by atoms with Crippen LogP contribution >= 0.6 is 0 Å². The maximum Gasteiger partial charge on any atom is 0.308 e. The highest BCUT2D eigenvalue weighted by atomic mass is 16.5. The van der Waals surface area contributed by atoms with Crippen molar-refractivity contribution in [2.24, 2.45) is 0 Å². The molecule has 4 nitrogen and oxygen atoms in total. The second-order valence-corrected chi connectivity index (χ2v) is 3.82. The first-order chi connectivity index (χ1) is 8.69. The van der Waals surface area contributed by atoms with Crippen LogP contribution < -0.4 is 9.47 Å². The maximum absolute atomic E-state index is 10.9. The van der Waals surface area contributed by atoms with E-state index in [2.05, 4.69) is 0 Å². The van der Waals surface area contributed by atoms with E-state index in [0.717, 1.165) is 17.1 Å². The molecule has 0 bridgehead atoms. The zero-order chi connectivity index (χ0) is 13.0. The van der Waals surface area contributed by atoms with Crippen LogP contribution in [0.1, 0.15) is 18.2 Å². The fourth-order valence-electron chi connectivity index (χ4n) is 1.72. The molecule has 0 aliphatic heterocycles. The Bertz CT molecular complexity index is 529. The van der Waals surface area contributed by atoms with Gasteiger partial charge >= 0.3 is 5.97 Å². The molecule has 0 unspecified atom stereocenters. The molecule has 0 fully saturated rings. The van der Waals surface area contributed by atoms with E-state index in [0.29, 0.717) is 12.2 Å². The van der Waals surface area contributed by atoms with Gasteiger partial charge in [0.15, 0.2) is 0 Å². The summed E-state index contributed by atoms with van der Waals surface area (Å²) in [6.45, 7) is 1.37. The van der Waals surface area contributed by atoms with Crippen molar-refractivity contribution in [2.75, 3.05) is 7.11 Å². The fourth-order valence-corrected chi connectivity index (χ4v) is 1.72. The van der Waals surface area contributed by atoms with Gasteiger partial charge in [-0.05, 0) is 30.3 Å². The number of hydrogen-bond acceptors (Lipinski definition) is 4. The predicted octanol–water partition coefficient (Wildman–Crippen LogP) is 2.80. The van der Waals surface area contributed by atoms with E-state index in [1.165, 1.54) is 6.92 Å². The maximum atomic E-state index is 10.9. The van der Waals surface area contributed by atoms with Crippen LogP contribution in [0, 0.1) is 0 Å². The molecule has 1 heterocycles. The van der Waals surface area contributed by atoms with Gasteiger partial charge in [-0.15, -0.1) is 0 Å². The molecule has 1 aromatic carbocycles. The van der Waals surface area contributed by atoms with Crippen molar-refractivity contribution >= 4 is 5.97 Å². The van der Waals surface area contributed by atoms with E-state index in [1.807, 2.05) is 12.1 Å². The van der Waals surface area contributed by atoms with Gasteiger partial charge in [0.25, 0.3) is 0 Å². The Morgan fingerprint density at radius 2 is 2.17 bits per heavy atom. The molecule has 0 aliphatic carbocycles. The molecule has 0 amide bonds. The molecule has 0 N–H and O–H groups in total. The van der Waals surface area contributed by atoms with Crippen LogP contribution in [0.2, 0.25) is 0 Å². The van der Waals surface area contributed by atoms with Gasteiger partial charge in [-0.3, -0.25) is 4.79 Å². The van der Waals surface area contributed by atoms with Crippen molar-refractivity contribution in [1.29, 1.82) is 0 Å². The minimum Gasteiger partial charge on any atom is -0.496 e. The molecule has 4 heteroatoms. The molecule has 0 aliphatic rings. The lowest BCUT2D eigenvalue weighted by Crippen LogP contribution is -2.02. The quantitative estimate of drug-likeness (QED) is 0.614. The summed E-state index contributed by atoms with van der Waals surface area (Å²) in [6, 6.07) is 8.97. The van der Waals surface area contributed by atoms with Gasteiger partial charge < -0.3 is 13.9 Å². The third-order valence-corrected chi connectivity index (χ3v) is 2.46. The Morgan fingerprint density at radius 1 is 1.33 bits per heavy atom. The molecule has 0 spiro atoms. The number of benzene rings is 1. The number of carbonyl (C=O) groups excluding carboxylic acids is 1. The molecule has 0 saturated carbocycles. The van der Waals surface area contributed by atoms with Gasteiger partial charge in [-0.1, -0.05) is 0 Å². The first-order valence-corrected chi connectivity index (χ1v) is 5.57. The summed E-state index contributed by atoms with van der Waals surface area (Å²) >= 11 is 0. The Hall–Kier alpha value is -2.23. The molecule has 2 aromatic rings. The van der Waals surface area contributed by atoms with Gasteiger partial charge in [0.05, 0.1) is 13.4 Å². The fraction of sp³-hybridized carbons (Fsp3) is 0.214. The van der Waals surface area contributed by atoms with Crippen LogP contribution in [0.15, 0.2) is 41.0 Å². The van der Waals surface area contributed by atoms with Crippen LogP contribution in [0.5, 0.6) is 11.5 Å². The van der Waals surface area contributed by atoms with Crippen LogP contribution in [-0.2, 0) is 11.2 Å². The minimum absolute atomic E-state index is 0.343. The third-order valence-electron chi connectivity index (χ3n) is 2.46. The zero-order valence-electron chi connectivity index (χ0n) is 10.3. The lowest BCUT2D eigenvalue weighted by Gasteiger charge is -2.09. The molecule has 0 atom stereocenters. The van der Waals surface area contributed by atoms with E-state index < -0.39 is 0 Å². The number of ether oxygens (including phenoxy) is 2. The van der Waals surface area contributed by atoms with Crippen molar-refractivity contribution in [1.82, 2.24) is 0 Å². The molecule has 94 valence electrons. The number of hydrogen-bond donors (Lipinski definition) is 0. The van der Waals surface area contributed by atoms with Crippen molar-refractivity contribution in [2.45, 2.75) is 13.3 Å². The van der Waals surface area contributed by atoms with Gasteiger partial charge in [0, 0.05) is 18.9 Å². The Morgan fingerprint density at radius 3 is 2.78 bits per heavy atom. The summed E-state index contributed by atoms with van der Waals surface area (Å²) < 4.78 is 15.6. The smallest absolute Gasteiger partial charge is 0.308 e. The Balaban J connectivity index is 2.27. The van der Waals surface area contributed by atoms with Gasteiger partial charge in [-0.25, -0.2) is 0 Å². The van der Waals surface area contributed by atoms with Crippen molar-refractivity contribution in [3.05, 3.63) is 47.9 Å². The highest BCUT2D eigenvalue weighted by molar-refractivity contribution is 5.69. The zero-order valence-corrected chi connectivity index (χ0v) is 10.3. The van der Waals surface area contributed by atoms with Crippen molar-refractivity contribution in [3.63, 3.8) is 0 Å². The number of esters is 1. The van der Waals surface area contributed by atoms with Gasteiger partial charge in [-0.2, -0.15) is 0 Å². The largest absolute Gasteiger partial charge is 0.496 e. The molecule has 0 saturated heterocycles. The highest BCUT2D eigenvalue weighted by Crippen LogP contribution is 2.26.